The van der Waals surface area contributed by atoms with Crippen LogP contribution in [0.5, 0.6) is 0 Å². The van der Waals surface area contributed by atoms with E-state index in [4.69, 9.17) is 28.0 Å². The second-order valence-electron chi connectivity index (χ2n) is 10.9. The maximum atomic E-state index is 14.3. The number of carbonyl (C=O) groups is 2. The number of sulfonamides is 1. The summed E-state index contributed by atoms with van der Waals surface area (Å²) in [7, 11) is -3.62. The second-order valence-corrected chi connectivity index (χ2v) is 13.6. The van der Waals surface area contributed by atoms with E-state index in [0.717, 1.165) is 19.1 Å². The summed E-state index contributed by atoms with van der Waals surface area (Å²) >= 11 is 12.9. The molecule has 3 aromatic carbocycles. The third kappa shape index (κ3) is 8.87. The van der Waals surface area contributed by atoms with Crippen LogP contribution >= 0.6 is 23.2 Å². The zero-order valence-corrected chi connectivity index (χ0v) is 31.9. The number of hydrogen-bond acceptors (Lipinski definition) is 8. The Kier molecular flexibility index (Phi) is 14.0. The first-order chi connectivity index (χ1) is 20.9. The Labute approximate surface area is 322 Å². The summed E-state index contributed by atoms with van der Waals surface area (Å²) in [6, 6.07) is 15.2. The molecule has 1 aliphatic carbocycles. The number of nitrogens with one attached hydrogen (secondary N) is 1. The van der Waals surface area contributed by atoms with Gasteiger partial charge in [0.05, 0.1) is 18.3 Å². The van der Waals surface area contributed by atoms with Gasteiger partial charge in [-0.25, -0.2) is 13.1 Å². The third-order valence-electron chi connectivity index (χ3n) is 7.92. The molecule has 0 bridgehead atoms. The summed E-state index contributed by atoms with van der Waals surface area (Å²) in [5, 5.41) is 29.7. The van der Waals surface area contributed by atoms with E-state index in [-0.39, 0.29) is 87.8 Å². The van der Waals surface area contributed by atoms with Crippen molar-refractivity contribution in [3.05, 3.63) is 105 Å². The van der Waals surface area contributed by atoms with E-state index in [1.54, 1.807) is 47.4 Å². The van der Waals surface area contributed by atoms with Gasteiger partial charge in [-0.05, 0) is 59.4 Å². The van der Waals surface area contributed by atoms with Crippen molar-refractivity contribution in [3.8, 4) is 0 Å². The number of carbonyl (C=O) groups excluding carboxylic acids is 2. The van der Waals surface area contributed by atoms with E-state index in [1.807, 2.05) is 0 Å². The van der Waals surface area contributed by atoms with Gasteiger partial charge >= 0.3 is 59.1 Å². The van der Waals surface area contributed by atoms with Gasteiger partial charge < -0.3 is 24.7 Å². The number of fused-ring (bicyclic) bond motifs is 1. The number of amides is 1. The molecule has 1 heterocycles. The number of oxime groups is 1. The second kappa shape index (κ2) is 16.6. The van der Waals surface area contributed by atoms with Gasteiger partial charge in [0.2, 0.25) is 10.0 Å². The molecular formula is C31H29Cl2N3Na2O7S. The fourth-order valence-corrected chi connectivity index (χ4v) is 7.47. The molecule has 1 amide bonds. The molecule has 1 N–H and O–H groups in total. The van der Waals surface area contributed by atoms with Crippen molar-refractivity contribution < 1.29 is 92.2 Å². The van der Waals surface area contributed by atoms with Gasteiger partial charge in [0.25, 0.3) is 5.91 Å². The number of aromatic carboxylic acids is 1. The van der Waals surface area contributed by atoms with Crippen LogP contribution in [0.2, 0.25) is 10.0 Å². The molecule has 1 fully saturated rings. The van der Waals surface area contributed by atoms with Crippen LogP contribution in [0.15, 0.2) is 71.9 Å². The number of carboxylic acids is 1. The molecule has 0 aromatic heterocycles. The number of carboxylic acid groups (broad SMARTS) is 1. The van der Waals surface area contributed by atoms with Crippen molar-refractivity contribution in [2.24, 2.45) is 5.16 Å². The minimum Gasteiger partial charge on any atom is -0.859 e. The SMILES string of the molecule is CS(=O)(=O)N[C@@H]1CCCC[C@H]1N1C(=O)c2ccccc2[C@@H](C([O-])=NOCc2cccc(C(=O)[O-])c2)[C@@H]1c1ccc(Cl)cc1Cl.[Na+].[Na+]. The number of benzene rings is 3. The number of hydrogen-bond donors (Lipinski definition) is 1. The maximum absolute atomic E-state index is 14.3. The van der Waals surface area contributed by atoms with Crippen LogP contribution in [0.1, 0.15) is 75.0 Å². The Balaban J connectivity index is 0.00000288. The van der Waals surface area contributed by atoms with E-state index in [9.17, 15) is 28.2 Å². The largest absolute Gasteiger partial charge is 1.00 e. The molecule has 5 rings (SSSR count). The minimum absolute atomic E-state index is 0. The molecule has 2 aliphatic rings. The first-order valence-corrected chi connectivity index (χ1v) is 16.6. The monoisotopic (exact) mass is 703 g/mol. The summed E-state index contributed by atoms with van der Waals surface area (Å²) in [6.45, 7) is -0.195. The normalized spacial score (nSPS) is 21.4. The van der Waals surface area contributed by atoms with Crippen LogP contribution < -0.4 is 74.0 Å². The quantitative estimate of drug-likeness (QED) is 0.111. The van der Waals surface area contributed by atoms with Crippen LogP contribution in [0, 0.1) is 0 Å². The van der Waals surface area contributed by atoms with Crippen LogP contribution in [-0.4, -0.2) is 49.4 Å². The molecule has 46 heavy (non-hydrogen) atoms. The molecule has 10 nitrogen and oxygen atoms in total. The standard InChI is InChI=1S/C31H31Cl2N3O7S.2Na/c1-44(41,42)35-25-11-4-5-12-26(25)36-28(23-14-13-20(32)16-24(23)33)27(21-9-2-3-10-22(21)30(36)38)29(37)34-43-17-18-7-6-8-19(15-18)31(39)40;;/h2-3,6-10,13-16,25-28,35H,4-5,11-12,17H2,1H3,(H,34,37)(H,39,40);;/q;2*+1/p-2/t25-,26-,27-,28+;;/m1../s1. The zero-order chi connectivity index (χ0) is 31.6. The van der Waals surface area contributed by atoms with E-state index in [0.29, 0.717) is 34.6 Å². The van der Waals surface area contributed by atoms with Gasteiger partial charge in [-0.2, -0.15) is 0 Å². The van der Waals surface area contributed by atoms with E-state index in [2.05, 4.69) is 9.88 Å². The fourth-order valence-electron chi connectivity index (χ4n) is 6.13. The Bertz CT molecular complexity index is 1730. The van der Waals surface area contributed by atoms with Gasteiger partial charge in [0.1, 0.15) is 6.61 Å². The predicted octanol–water partition coefficient (Wildman–Crippen LogP) is -2.60. The molecular weight excluding hydrogens is 675 g/mol. The smallest absolute Gasteiger partial charge is 0.859 e. The average Bonchev–Trinajstić information content (AvgIpc) is 2.97. The van der Waals surface area contributed by atoms with Crippen molar-refractivity contribution >= 4 is 51.0 Å². The van der Waals surface area contributed by atoms with Crippen molar-refractivity contribution in [3.63, 3.8) is 0 Å². The molecule has 1 aliphatic heterocycles. The van der Waals surface area contributed by atoms with Gasteiger partial charge in [0, 0.05) is 39.5 Å². The molecule has 0 radical (unpaired) electrons. The first kappa shape index (κ1) is 38.8. The van der Waals surface area contributed by atoms with Gasteiger partial charge in [-0.1, -0.05) is 78.5 Å². The van der Waals surface area contributed by atoms with Gasteiger partial charge in [0.15, 0.2) is 0 Å². The van der Waals surface area contributed by atoms with Crippen LogP contribution in [-0.2, 0) is 21.5 Å². The molecule has 3 aromatic rings. The molecule has 0 saturated heterocycles. The van der Waals surface area contributed by atoms with E-state index in [1.165, 1.54) is 24.3 Å². The topological polar surface area (TPSA) is 151 Å². The molecule has 232 valence electrons. The van der Waals surface area contributed by atoms with Crippen LogP contribution in [0.3, 0.4) is 0 Å². The predicted molar refractivity (Wildman–Crippen MR) is 162 cm³/mol. The van der Waals surface area contributed by atoms with Crippen molar-refractivity contribution in [2.75, 3.05) is 6.26 Å². The summed E-state index contributed by atoms with van der Waals surface area (Å²) in [6.07, 6.45) is 3.58. The zero-order valence-electron chi connectivity index (χ0n) is 25.6. The first-order valence-electron chi connectivity index (χ1n) is 14.0. The summed E-state index contributed by atoms with van der Waals surface area (Å²) < 4.78 is 27.4. The molecule has 15 heteroatoms. The molecule has 0 spiro atoms. The minimum atomic E-state index is -3.62. The third-order valence-corrected chi connectivity index (χ3v) is 9.22. The van der Waals surface area contributed by atoms with Crippen molar-refractivity contribution in [1.29, 1.82) is 0 Å². The van der Waals surface area contributed by atoms with Gasteiger partial charge in [-0.3, -0.25) is 4.79 Å². The maximum Gasteiger partial charge on any atom is 1.00 e. The molecule has 4 atom stereocenters. The van der Waals surface area contributed by atoms with Crippen molar-refractivity contribution in [2.45, 2.75) is 56.3 Å². The average molecular weight is 705 g/mol. The Morgan fingerprint density at radius 3 is 2.41 bits per heavy atom. The fraction of sp³-hybridized carbons (Fsp3) is 0.323. The number of nitrogens with zero attached hydrogens (tertiary/aromatic N) is 2. The summed E-state index contributed by atoms with van der Waals surface area (Å²) in [5.41, 5.74) is 1.56. The molecule has 0 unspecified atom stereocenters. The van der Waals surface area contributed by atoms with Gasteiger partial charge in [-0.15, -0.1) is 5.16 Å². The number of rotatable bonds is 9. The van der Waals surface area contributed by atoms with Crippen LogP contribution in [0.4, 0.5) is 0 Å². The van der Waals surface area contributed by atoms with Crippen molar-refractivity contribution in [1.82, 2.24) is 9.62 Å². The van der Waals surface area contributed by atoms with E-state index >= 15 is 0 Å². The Morgan fingerprint density at radius 2 is 1.72 bits per heavy atom. The van der Waals surface area contributed by atoms with E-state index < -0.39 is 45.9 Å². The van der Waals surface area contributed by atoms with Crippen LogP contribution in [0.25, 0.3) is 0 Å². The molecule has 1 saturated carbocycles. The Morgan fingerprint density at radius 1 is 1.00 bits per heavy atom. The Hall–Kier alpha value is -1.64. The summed E-state index contributed by atoms with van der Waals surface area (Å²) in [4.78, 5) is 32.5. The number of halogens is 2. The summed E-state index contributed by atoms with van der Waals surface area (Å²) in [5.74, 6) is -3.49.